The molecule has 0 radical (unpaired) electrons. The third-order valence-electron chi connectivity index (χ3n) is 3.59. The molecule has 0 fully saturated rings. The van der Waals surface area contributed by atoms with Crippen molar-refractivity contribution in [1.82, 2.24) is 4.98 Å². The first-order valence-corrected chi connectivity index (χ1v) is 8.28. The van der Waals surface area contributed by atoms with Gasteiger partial charge in [-0.25, -0.2) is 4.98 Å². The van der Waals surface area contributed by atoms with Gasteiger partial charge < -0.3 is 20.5 Å². The lowest BCUT2D eigenvalue weighted by molar-refractivity contribution is -0.118. The van der Waals surface area contributed by atoms with Crippen molar-refractivity contribution in [3.63, 3.8) is 0 Å². The fourth-order valence-electron chi connectivity index (χ4n) is 2.13. The molecule has 3 N–H and O–H groups in total. The maximum absolute atomic E-state index is 12.0. The fourth-order valence-corrected chi connectivity index (χ4v) is 2.13. The van der Waals surface area contributed by atoms with Crippen LogP contribution in [0, 0.1) is 0 Å². The first kappa shape index (κ1) is 18.7. The van der Waals surface area contributed by atoms with Crippen molar-refractivity contribution >= 4 is 17.4 Å². The van der Waals surface area contributed by atoms with Gasteiger partial charge >= 0.3 is 0 Å². The van der Waals surface area contributed by atoms with E-state index in [0.29, 0.717) is 17.3 Å². The minimum Gasteiger partial charge on any atom is -0.484 e. The van der Waals surface area contributed by atoms with Gasteiger partial charge in [-0.2, -0.15) is 0 Å². The van der Waals surface area contributed by atoms with E-state index in [1.165, 1.54) is 0 Å². The summed E-state index contributed by atoms with van der Waals surface area (Å²) in [5.74, 6) is 1.06. The third kappa shape index (κ3) is 6.08. The summed E-state index contributed by atoms with van der Waals surface area (Å²) in [6, 6.07) is 11.2. The summed E-state index contributed by atoms with van der Waals surface area (Å²) in [7, 11) is 0. The average Bonchev–Trinajstić information content (AvgIpc) is 2.61. The number of anilines is 2. The minimum atomic E-state index is -0.460. The van der Waals surface area contributed by atoms with E-state index in [1.54, 1.807) is 18.3 Å². The normalized spacial score (nSPS) is 11.0. The number of hydrogen-bond donors (Lipinski definition) is 3. The van der Waals surface area contributed by atoms with Gasteiger partial charge in [0.15, 0.2) is 6.61 Å². The van der Waals surface area contributed by atoms with E-state index in [9.17, 15) is 9.90 Å². The van der Waals surface area contributed by atoms with E-state index in [2.05, 4.69) is 22.5 Å². The Hall–Kier alpha value is -2.60. The Balaban J connectivity index is 1.85. The predicted molar refractivity (Wildman–Crippen MR) is 99.0 cm³/mol. The zero-order valence-electron chi connectivity index (χ0n) is 14.9. The monoisotopic (exact) mass is 343 g/mol. The molecule has 0 atom stereocenters. The van der Waals surface area contributed by atoms with Crippen LogP contribution in [0.4, 0.5) is 11.5 Å². The number of aromatic nitrogens is 1. The summed E-state index contributed by atoms with van der Waals surface area (Å²) in [6.45, 7) is 5.73. The summed E-state index contributed by atoms with van der Waals surface area (Å²) in [5.41, 5.74) is 1.29. The molecule has 0 bridgehead atoms. The van der Waals surface area contributed by atoms with E-state index in [0.717, 1.165) is 12.0 Å². The standard InChI is InChI=1S/C19H25N3O3/c1-4-14-6-5-7-16(10-14)25-12-18(24)21-15-8-9-17(20-11-15)22-19(2,3)13-23/h5-11,23H,4,12-13H2,1-3H3,(H,20,22)(H,21,24). The number of aliphatic hydroxyl groups excluding tert-OH is 1. The molecule has 1 amide bonds. The molecule has 0 aliphatic heterocycles. The highest BCUT2D eigenvalue weighted by atomic mass is 16.5. The Morgan fingerprint density at radius 1 is 1.28 bits per heavy atom. The van der Waals surface area contributed by atoms with Gasteiger partial charge in [-0.15, -0.1) is 0 Å². The van der Waals surface area contributed by atoms with Crippen LogP contribution in [0.2, 0.25) is 0 Å². The van der Waals surface area contributed by atoms with Gasteiger partial charge in [-0.1, -0.05) is 19.1 Å². The second-order valence-electron chi connectivity index (χ2n) is 6.44. The molecule has 0 unspecified atom stereocenters. The first-order chi connectivity index (χ1) is 11.9. The predicted octanol–water partition coefficient (Wildman–Crippen LogP) is 2.84. The number of nitrogens with one attached hydrogen (secondary N) is 2. The summed E-state index contributed by atoms with van der Waals surface area (Å²) in [6.07, 6.45) is 2.48. The SMILES string of the molecule is CCc1cccc(OCC(=O)Nc2ccc(NC(C)(C)CO)nc2)c1. The molecule has 2 rings (SSSR count). The Kier molecular flexibility index (Phi) is 6.36. The number of aryl methyl sites for hydroxylation is 1. The zero-order valence-corrected chi connectivity index (χ0v) is 14.9. The number of benzene rings is 1. The molecule has 134 valence electrons. The molecule has 0 spiro atoms. The Bertz CT molecular complexity index is 699. The maximum Gasteiger partial charge on any atom is 0.262 e. The number of carbonyl (C=O) groups excluding carboxylic acids is 1. The molecule has 1 heterocycles. The molecule has 0 saturated carbocycles. The number of aliphatic hydroxyl groups is 1. The van der Waals surface area contributed by atoms with Crippen molar-refractivity contribution in [1.29, 1.82) is 0 Å². The summed E-state index contributed by atoms with van der Waals surface area (Å²) >= 11 is 0. The van der Waals surface area contributed by atoms with Crippen LogP contribution in [0.1, 0.15) is 26.3 Å². The molecule has 25 heavy (non-hydrogen) atoms. The molecule has 2 aromatic rings. The molecule has 6 heteroatoms. The molecule has 0 saturated heterocycles. The summed E-state index contributed by atoms with van der Waals surface area (Å²) in [4.78, 5) is 16.2. The number of hydrogen-bond acceptors (Lipinski definition) is 5. The molecule has 1 aromatic carbocycles. The Labute approximate surface area is 148 Å². The van der Waals surface area contributed by atoms with Gasteiger partial charge in [0.2, 0.25) is 0 Å². The lowest BCUT2D eigenvalue weighted by Crippen LogP contribution is -2.35. The summed E-state index contributed by atoms with van der Waals surface area (Å²) < 4.78 is 5.51. The van der Waals surface area contributed by atoms with Gasteiger partial charge in [0, 0.05) is 0 Å². The van der Waals surface area contributed by atoms with Crippen LogP contribution in [-0.4, -0.2) is 34.8 Å². The first-order valence-electron chi connectivity index (χ1n) is 8.28. The van der Waals surface area contributed by atoms with E-state index in [1.807, 2.05) is 38.1 Å². The van der Waals surface area contributed by atoms with Crippen LogP contribution in [0.25, 0.3) is 0 Å². The van der Waals surface area contributed by atoms with Crippen LogP contribution in [0.15, 0.2) is 42.6 Å². The van der Waals surface area contributed by atoms with Crippen molar-refractivity contribution in [2.24, 2.45) is 0 Å². The number of ether oxygens (including phenoxy) is 1. The molecule has 0 aliphatic rings. The smallest absolute Gasteiger partial charge is 0.262 e. The lowest BCUT2D eigenvalue weighted by Gasteiger charge is -2.24. The van der Waals surface area contributed by atoms with Crippen LogP contribution in [0.3, 0.4) is 0 Å². The van der Waals surface area contributed by atoms with Crippen molar-refractivity contribution < 1.29 is 14.6 Å². The topological polar surface area (TPSA) is 83.5 Å². The van der Waals surface area contributed by atoms with Crippen LogP contribution < -0.4 is 15.4 Å². The van der Waals surface area contributed by atoms with Gasteiger partial charge in [-0.05, 0) is 50.1 Å². The van der Waals surface area contributed by atoms with E-state index in [-0.39, 0.29) is 19.1 Å². The highest BCUT2D eigenvalue weighted by molar-refractivity contribution is 5.91. The van der Waals surface area contributed by atoms with Crippen molar-refractivity contribution in [2.45, 2.75) is 32.7 Å². The number of carbonyl (C=O) groups is 1. The quantitative estimate of drug-likeness (QED) is 0.686. The minimum absolute atomic E-state index is 0.0102. The largest absolute Gasteiger partial charge is 0.484 e. The van der Waals surface area contributed by atoms with Gasteiger partial charge in [0.1, 0.15) is 11.6 Å². The highest BCUT2D eigenvalue weighted by Gasteiger charge is 2.16. The molecular weight excluding hydrogens is 318 g/mol. The highest BCUT2D eigenvalue weighted by Crippen LogP contribution is 2.16. The van der Waals surface area contributed by atoms with Gasteiger partial charge in [0.25, 0.3) is 5.91 Å². The van der Waals surface area contributed by atoms with E-state index < -0.39 is 5.54 Å². The van der Waals surface area contributed by atoms with Crippen LogP contribution >= 0.6 is 0 Å². The van der Waals surface area contributed by atoms with E-state index >= 15 is 0 Å². The second kappa shape index (κ2) is 8.48. The second-order valence-corrected chi connectivity index (χ2v) is 6.44. The zero-order chi connectivity index (χ0) is 18.3. The number of nitrogens with zero attached hydrogens (tertiary/aromatic N) is 1. The van der Waals surface area contributed by atoms with Crippen molar-refractivity contribution in [2.75, 3.05) is 23.8 Å². The lowest BCUT2D eigenvalue weighted by atomic mass is 10.1. The number of rotatable bonds is 8. The van der Waals surface area contributed by atoms with Gasteiger partial charge in [0.05, 0.1) is 24.0 Å². The van der Waals surface area contributed by atoms with E-state index in [4.69, 9.17) is 4.74 Å². The number of amides is 1. The average molecular weight is 343 g/mol. The van der Waals surface area contributed by atoms with Crippen LogP contribution in [-0.2, 0) is 11.2 Å². The van der Waals surface area contributed by atoms with Crippen molar-refractivity contribution in [3.05, 3.63) is 48.2 Å². The maximum atomic E-state index is 12.0. The number of pyridine rings is 1. The fraction of sp³-hybridized carbons (Fsp3) is 0.368. The third-order valence-corrected chi connectivity index (χ3v) is 3.59. The Morgan fingerprint density at radius 2 is 2.08 bits per heavy atom. The van der Waals surface area contributed by atoms with Gasteiger partial charge in [-0.3, -0.25) is 4.79 Å². The molecular formula is C19H25N3O3. The van der Waals surface area contributed by atoms with Crippen molar-refractivity contribution in [3.8, 4) is 5.75 Å². The molecule has 1 aromatic heterocycles. The Morgan fingerprint density at radius 3 is 2.72 bits per heavy atom. The summed E-state index contributed by atoms with van der Waals surface area (Å²) in [5, 5.41) is 15.1. The molecule has 6 nitrogen and oxygen atoms in total. The molecule has 0 aliphatic carbocycles. The van der Waals surface area contributed by atoms with Crippen LogP contribution in [0.5, 0.6) is 5.75 Å².